The normalized spacial score (nSPS) is 12.5. The van der Waals surface area contributed by atoms with Crippen molar-refractivity contribution in [2.24, 2.45) is 0 Å². The molecule has 0 bridgehead atoms. The Morgan fingerprint density at radius 3 is 2.13 bits per heavy atom. The fraction of sp³-hybridized carbons (Fsp3) is 0.462. The van der Waals surface area contributed by atoms with Crippen molar-refractivity contribution in [2.45, 2.75) is 40.0 Å². The van der Waals surface area contributed by atoms with E-state index in [2.05, 4.69) is 32.9 Å². The van der Waals surface area contributed by atoms with E-state index in [1.165, 1.54) is 16.7 Å². The predicted octanol–water partition coefficient (Wildman–Crippen LogP) is 3.19. The number of aliphatic carboxylic acids is 1. The summed E-state index contributed by atoms with van der Waals surface area (Å²) in [5.41, 5.74) is 4.89. The molecular weight excluding hydrogens is 188 g/mol. The van der Waals surface area contributed by atoms with Crippen LogP contribution < -0.4 is 0 Å². The van der Waals surface area contributed by atoms with Crippen LogP contribution in [-0.4, -0.2) is 11.1 Å². The summed E-state index contributed by atoms with van der Waals surface area (Å²) in [4.78, 5) is 10.6. The summed E-state index contributed by atoms with van der Waals surface area (Å²) in [6.07, 6.45) is 0.196. The Morgan fingerprint density at radius 2 is 1.73 bits per heavy atom. The largest absolute Gasteiger partial charge is 0.481 e. The van der Waals surface area contributed by atoms with Gasteiger partial charge in [0.2, 0.25) is 0 Å². The van der Waals surface area contributed by atoms with Gasteiger partial charge in [-0.25, -0.2) is 0 Å². The van der Waals surface area contributed by atoms with Crippen LogP contribution in [0.15, 0.2) is 12.1 Å². The molecule has 0 radical (unpaired) electrons. The number of aryl methyl sites for hydroxylation is 2. The smallest absolute Gasteiger partial charge is 0.303 e. The number of carbonyl (C=O) groups is 1. The highest BCUT2D eigenvalue weighted by molar-refractivity contribution is 5.68. The third-order valence-electron chi connectivity index (χ3n) is 3.00. The highest BCUT2D eigenvalue weighted by Gasteiger charge is 2.11. The van der Waals surface area contributed by atoms with Crippen molar-refractivity contribution in [3.05, 3.63) is 34.4 Å². The van der Waals surface area contributed by atoms with E-state index >= 15 is 0 Å². The Bertz CT molecular complexity index is 357. The zero-order valence-corrected chi connectivity index (χ0v) is 9.79. The maximum absolute atomic E-state index is 10.6. The first-order valence-corrected chi connectivity index (χ1v) is 5.21. The van der Waals surface area contributed by atoms with Crippen molar-refractivity contribution in [2.75, 3.05) is 0 Å². The topological polar surface area (TPSA) is 37.3 Å². The van der Waals surface area contributed by atoms with Gasteiger partial charge in [-0.3, -0.25) is 4.79 Å². The van der Waals surface area contributed by atoms with Crippen molar-refractivity contribution >= 4 is 5.97 Å². The number of benzene rings is 1. The molecule has 0 heterocycles. The number of rotatable bonds is 3. The van der Waals surface area contributed by atoms with Crippen LogP contribution in [0.1, 0.15) is 41.5 Å². The van der Waals surface area contributed by atoms with Gasteiger partial charge >= 0.3 is 5.97 Å². The van der Waals surface area contributed by atoms with Gasteiger partial charge in [0.25, 0.3) is 0 Å². The second-order valence-electron chi connectivity index (χ2n) is 4.28. The molecule has 1 atom stereocenters. The average Bonchev–Trinajstić information content (AvgIpc) is 2.12. The average molecular weight is 206 g/mol. The first-order valence-electron chi connectivity index (χ1n) is 5.21. The van der Waals surface area contributed by atoms with Crippen LogP contribution in [-0.2, 0) is 4.79 Å². The predicted molar refractivity (Wildman–Crippen MR) is 61.3 cm³/mol. The minimum atomic E-state index is -0.738. The summed E-state index contributed by atoms with van der Waals surface area (Å²) < 4.78 is 0. The van der Waals surface area contributed by atoms with Crippen LogP contribution in [0, 0.1) is 20.8 Å². The summed E-state index contributed by atoms with van der Waals surface area (Å²) in [5, 5.41) is 8.74. The molecule has 1 N–H and O–H groups in total. The monoisotopic (exact) mass is 206 g/mol. The van der Waals surface area contributed by atoms with Gasteiger partial charge < -0.3 is 5.11 Å². The first-order chi connectivity index (χ1) is 6.91. The molecule has 0 aliphatic carbocycles. The fourth-order valence-corrected chi connectivity index (χ4v) is 1.73. The lowest BCUT2D eigenvalue weighted by molar-refractivity contribution is -0.137. The van der Waals surface area contributed by atoms with Crippen molar-refractivity contribution in [1.29, 1.82) is 0 Å². The molecule has 2 heteroatoms. The van der Waals surface area contributed by atoms with Crippen molar-refractivity contribution in [1.82, 2.24) is 0 Å². The maximum atomic E-state index is 10.6. The van der Waals surface area contributed by atoms with Gasteiger partial charge in [-0.15, -0.1) is 0 Å². The quantitative estimate of drug-likeness (QED) is 0.824. The van der Waals surface area contributed by atoms with Crippen molar-refractivity contribution < 1.29 is 9.90 Å². The zero-order valence-electron chi connectivity index (χ0n) is 9.79. The second kappa shape index (κ2) is 4.47. The van der Waals surface area contributed by atoms with E-state index in [0.717, 1.165) is 5.56 Å². The van der Waals surface area contributed by atoms with E-state index < -0.39 is 5.97 Å². The van der Waals surface area contributed by atoms with Crippen molar-refractivity contribution in [3.8, 4) is 0 Å². The molecule has 0 aliphatic rings. The number of carboxylic acid groups (broad SMARTS) is 1. The van der Waals surface area contributed by atoms with Crippen LogP contribution in [0.3, 0.4) is 0 Å². The third-order valence-corrected chi connectivity index (χ3v) is 3.00. The summed E-state index contributed by atoms with van der Waals surface area (Å²) >= 11 is 0. The van der Waals surface area contributed by atoms with Gasteiger partial charge in [0, 0.05) is 0 Å². The van der Waals surface area contributed by atoms with Crippen LogP contribution in [0.25, 0.3) is 0 Å². The van der Waals surface area contributed by atoms with E-state index in [-0.39, 0.29) is 12.3 Å². The van der Waals surface area contributed by atoms with Gasteiger partial charge in [-0.05, 0) is 48.9 Å². The molecule has 1 aromatic rings. The van der Waals surface area contributed by atoms with Gasteiger partial charge in [-0.1, -0.05) is 19.1 Å². The number of hydrogen-bond donors (Lipinski definition) is 1. The number of carboxylic acids is 1. The first kappa shape index (κ1) is 11.8. The molecule has 0 saturated carbocycles. The van der Waals surface area contributed by atoms with E-state index in [0.29, 0.717) is 0 Å². The SMILES string of the molecule is Cc1cc(C(C)CC(=O)O)cc(C)c1C. The van der Waals surface area contributed by atoms with Crippen LogP contribution >= 0.6 is 0 Å². The third kappa shape index (κ3) is 2.82. The molecule has 1 rings (SSSR count). The standard InChI is InChI=1S/C13H18O2/c1-8-5-12(6-9(2)11(8)4)10(3)7-13(14)15/h5-6,10H,7H2,1-4H3,(H,14,15). The van der Waals surface area contributed by atoms with Gasteiger partial charge in [-0.2, -0.15) is 0 Å². The molecule has 1 unspecified atom stereocenters. The van der Waals surface area contributed by atoms with E-state index in [4.69, 9.17) is 5.11 Å². The lowest BCUT2D eigenvalue weighted by Crippen LogP contribution is -2.04. The molecule has 2 nitrogen and oxygen atoms in total. The van der Waals surface area contributed by atoms with E-state index in [1.54, 1.807) is 0 Å². The van der Waals surface area contributed by atoms with E-state index in [9.17, 15) is 4.79 Å². The lowest BCUT2D eigenvalue weighted by Gasteiger charge is -2.13. The minimum absolute atomic E-state index is 0.0838. The van der Waals surface area contributed by atoms with Crippen LogP contribution in [0.2, 0.25) is 0 Å². The molecule has 82 valence electrons. The summed E-state index contributed by atoms with van der Waals surface area (Å²) in [6.45, 7) is 8.19. The maximum Gasteiger partial charge on any atom is 0.303 e. The summed E-state index contributed by atoms with van der Waals surface area (Å²) in [7, 11) is 0. The van der Waals surface area contributed by atoms with Crippen molar-refractivity contribution in [3.63, 3.8) is 0 Å². The molecule has 0 aliphatic heterocycles. The molecular formula is C13H18O2. The molecule has 0 saturated heterocycles. The molecule has 0 fully saturated rings. The fourth-order valence-electron chi connectivity index (χ4n) is 1.73. The molecule has 15 heavy (non-hydrogen) atoms. The highest BCUT2D eigenvalue weighted by atomic mass is 16.4. The Hall–Kier alpha value is -1.31. The number of hydrogen-bond acceptors (Lipinski definition) is 1. The Morgan fingerprint density at radius 1 is 1.27 bits per heavy atom. The van der Waals surface area contributed by atoms with Crippen LogP contribution in [0.4, 0.5) is 0 Å². The zero-order chi connectivity index (χ0) is 11.6. The van der Waals surface area contributed by atoms with Gasteiger partial charge in [0.05, 0.1) is 6.42 Å². The molecule has 1 aromatic carbocycles. The Kier molecular flexibility index (Phi) is 3.51. The van der Waals surface area contributed by atoms with Gasteiger partial charge in [0.15, 0.2) is 0 Å². The summed E-state index contributed by atoms with van der Waals surface area (Å²) in [5.74, 6) is -0.654. The Labute approximate surface area is 90.9 Å². The highest BCUT2D eigenvalue weighted by Crippen LogP contribution is 2.24. The molecule has 0 aromatic heterocycles. The summed E-state index contributed by atoms with van der Waals surface area (Å²) in [6, 6.07) is 4.19. The lowest BCUT2D eigenvalue weighted by atomic mass is 9.92. The molecule has 0 spiro atoms. The minimum Gasteiger partial charge on any atom is -0.481 e. The van der Waals surface area contributed by atoms with E-state index in [1.807, 2.05) is 6.92 Å². The van der Waals surface area contributed by atoms with Crippen LogP contribution in [0.5, 0.6) is 0 Å². The Balaban J connectivity index is 3.00. The van der Waals surface area contributed by atoms with Gasteiger partial charge in [0.1, 0.15) is 0 Å². The molecule has 0 amide bonds. The second-order valence-corrected chi connectivity index (χ2v) is 4.28.